The van der Waals surface area contributed by atoms with Crippen LogP contribution in [0.2, 0.25) is 5.02 Å². The standard InChI is InChI=1S/C11H13ClN2O3S/c1-14(7-3-6-13)18(15,16)9-4-5-11(17-2)10(12)8-9/h4-5,8H,3,7H2,1-2H3. The Kier molecular flexibility index (Phi) is 4.96. The van der Waals surface area contributed by atoms with Crippen LogP contribution < -0.4 is 4.74 Å². The van der Waals surface area contributed by atoms with Crippen molar-refractivity contribution in [3.63, 3.8) is 0 Å². The third-order valence-electron chi connectivity index (χ3n) is 2.37. The molecule has 0 aliphatic rings. The summed E-state index contributed by atoms with van der Waals surface area (Å²) in [7, 11) is -0.742. The van der Waals surface area contributed by atoms with Gasteiger partial charge in [0.15, 0.2) is 0 Å². The molecule has 0 saturated heterocycles. The first-order chi connectivity index (χ1) is 8.43. The van der Waals surface area contributed by atoms with E-state index in [-0.39, 0.29) is 22.9 Å². The van der Waals surface area contributed by atoms with Crippen molar-refractivity contribution in [1.82, 2.24) is 4.31 Å². The van der Waals surface area contributed by atoms with Gasteiger partial charge in [-0.05, 0) is 18.2 Å². The number of hydrogen-bond acceptors (Lipinski definition) is 4. The van der Waals surface area contributed by atoms with Crippen molar-refractivity contribution in [3.05, 3.63) is 23.2 Å². The van der Waals surface area contributed by atoms with Gasteiger partial charge in [0.05, 0.1) is 23.1 Å². The van der Waals surface area contributed by atoms with Crippen LogP contribution in [-0.4, -0.2) is 33.4 Å². The maximum absolute atomic E-state index is 12.1. The zero-order chi connectivity index (χ0) is 13.8. The Morgan fingerprint density at radius 1 is 1.50 bits per heavy atom. The average molecular weight is 289 g/mol. The largest absolute Gasteiger partial charge is 0.495 e. The lowest BCUT2D eigenvalue weighted by Crippen LogP contribution is -2.27. The molecule has 0 amide bonds. The molecule has 7 heteroatoms. The van der Waals surface area contributed by atoms with Gasteiger partial charge in [-0.15, -0.1) is 0 Å². The van der Waals surface area contributed by atoms with Gasteiger partial charge in [0, 0.05) is 20.0 Å². The maximum Gasteiger partial charge on any atom is 0.242 e. The molecule has 0 heterocycles. The Morgan fingerprint density at radius 2 is 2.17 bits per heavy atom. The van der Waals surface area contributed by atoms with E-state index in [9.17, 15) is 8.42 Å². The first-order valence-electron chi connectivity index (χ1n) is 5.10. The van der Waals surface area contributed by atoms with Crippen molar-refractivity contribution in [2.24, 2.45) is 0 Å². The molecule has 0 saturated carbocycles. The van der Waals surface area contributed by atoms with Crippen molar-refractivity contribution in [1.29, 1.82) is 5.26 Å². The summed E-state index contributed by atoms with van der Waals surface area (Å²) in [5.41, 5.74) is 0. The topological polar surface area (TPSA) is 70.4 Å². The maximum atomic E-state index is 12.1. The van der Waals surface area contributed by atoms with Gasteiger partial charge in [-0.2, -0.15) is 9.57 Å². The Labute approximate surface area is 112 Å². The highest BCUT2D eigenvalue weighted by atomic mass is 35.5. The van der Waals surface area contributed by atoms with Gasteiger partial charge in [-0.25, -0.2) is 8.42 Å². The zero-order valence-electron chi connectivity index (χ0n) is 10.1. The summed E-state index contributed by atoms with van der Waals surface area (Å²) >= 11 is 5.88. The second-order valence-corrected chi connectivity index (χ2v) is 5.98. The molecule has 0 N–H and O–H groups in total. The molecule has 0 aliphatic carbocycles. The van der Waals surface area contributed by atoms with Gasteiger partial charge >= 0.3 is 0 Å². The predicted octanol–water partition coefficient (Wildman–Crippen LogP) is 1.88. The van der Waals surface area contributed by atoms with Gasteiger partial charge in [0.25, 0.3) is 0 Å². The van der Waals surface area contributed by atoms with Gasteiger partial charge < -0.3 is 4.74 Å². The fraction of sp³-hybridized carbons (Fsp3) is 0.364. The van der Waals surface area contributed by atoms with Crippen LogP contribution in [0.5, 0.6) is 5.75 Å². The SMILES string of the molecule is COc1ccc(S(=O)(=O)N(C)CCC#N)cc1Cl. The first kappa shape index (κ1) is 14.8. The molecule has 1 aromatic carbocycles. The number of ether oxygens (including phenoxy) is 1. The van der Waals surface area contributed by atoms with Crippen molar-refractivity contribution < 1.29 is 13.2 Å². The molecule has 0 aromatic heterocycles. The first-order valence-corrected chi connectivity index (χ1v) is 6.92. The molecule has 1 rings (SSSR count). The number of nitriles is 1. The lowest BCUT2D eigenvalue weighted by atomic mass is 10.3. The molecule has 0 unspecified atom stereocenters. The highest BCUT2D eigenvalue weighted by Gasteiger charge is 2.21. The van der Waals surface area contributed by atoms with E-state index >= 15 is 0 Å². The highest BCUT2D eigenvalue weighted by molar-refractivity contribution is 7.89. The lowest BCUT2D eigenvalue weighted by Gasteiger charge is -2.16. The number of rotatable bonds is 5. The van der Waals surface area contributed by atoms with Gasteiger partial charge in [0.1, 0.15) is 5.75 Å². The van der Waals surface area contributed by atoms with E-state index in [0.717, 1.165) is 4.31 Å². The smallest absolute Gasteiger partial charge is 0.242 e. The third-order valence-corrected chi connectivity index (χ3v) is 4.52. The number of halogens is 1. The number of nitrogens with zero attached hydrogens (tertiary/aromatic N) is 2. The van der Waals surface area contributed by atoms with E-state index in [1.807, 2.05) is 6.07 Å². The van der Waals surface area contributed by atoms with Crippen LogP contribution >= 0.6 is 11.6 Å². The van der Waals surface area contributed by atoms with Crippen LogP contribution in [0.25, 0.3) is 0 Å². The Hall–Kier alpha value is -1.29. The molecule has 0 bridgehead atoms. The minimum atomic E-state index is -3.62. The fourth-order valence-electron chi connectivity index (χ4n) is 1.32. The van der Waals surface area contributed by atoms with Crippen LogP contribution in [0, 0.1) is 11.3 Å². The van der Waals surface area contributed by atoms with Gasteiger partial charge in [-0.1, -0.05) is 11.6 Å². The Bertz CT molecular complexity index is 566. The summed E-state index contributed by atoms with van der Waals surface area (Å²) in [5, 5.41) is 8.68. The highest BCUT2D eigenvalue weighted by Crippen LogP contribution is 2.28. The number of hydrogen-bond donors (Lipinski definition) is 0. The van der Waals surface area contributed by atoms with Crippen molar-refractivity contribution in [3.8, 4) is 11.8 Å². The average Bonchev–Trinajstić information content (AvgIpc) is 2.35. The molecule has 0 fully saturated rings. The third kappa shape index (κ3) is 3.13. The minimum absolute atomic E-state index is 0.0775. The van der Waals surface area contributed by atoms with E-state index in [1.165, 1.54) is 32.4 Å². The van der Waals surface area contributed by atoms with Crippen molar-refractivity contribution >= 4 is 21.6 Å². The summed E-state index contributed by atoms with van der Waals surface area (Å²) in [6.45, 7) is 0.141. The monoisotopic (exact) mass is 288 g/mol. The van der Waals surface area contributed by atoms with E-state index < -0.39 is 10.0 Å². The summed E-state index contributed by atoms with van der Waals surface area (Å²) in [5.74, 6) is 0.412. The normalized spacial score (nSPS) is 11.3. The van der Waals surface area contributed by atoms with Crippen LogP contribution in [0.1, 0.15) is 6.42 Å². The zero-order valence-corrected chi connectivity index (χ0v) is 11.6. The van der Waals surface area contributed by atoms with Crippen molar-refractivity contribution in [2.75, 3.05) is 20.7 Å². The summed E-state index contributed by atoms with van der Waals surface area (Å²) in [6.07, 6.45) is 0.139. The minimum Gasteiger partial charge on any atom is -0.495 e. The summed E-state index contributed by atoms with van der Waals surface area (Å²) in [4.78, 5) is 0.0775. The van der Waals surface area contributed by atoms with E-state index in [0.29, 0.717) is 5.75 Å². The lowest BCUT2D eigenvalue weighted by molar-refractivity contribution is 0.414. The summed E-state index contributed by atoms with van der Waals surface area (Å²) in [6, 6.07) is 6.14. The van der Waals surface area contributed by atoms with Crippen LogP contribution in [0.4, 0.5) is 0 Å². The van der Waals surface area contributed by atoms with E-state index in [2.05, 4.69) is 0 Å². The molecule has 98 valence electrons. The number of methoxy groups -OCH3 is 1. The molecule has 1 aromatic rings. The second-order valence-electron chi connectivity index (χ2n) is 3.53. The van der Waals surface area contributed by atoms with E-state index in [4.69, 9.17) is 21.6 Å². The van der Waals surface area contributed by atoms with Crippen LogP contribution in [0.3, 0.4) is 0 Å². The van der Waals surface area contributed by atoms with Crippen LogP contribution in [0.15, 0.2) is 23.1 Å². The Morgan fingerprint density at radius 3 is 2.67 bits per heavy atom. The van der Waals surface area contributed by atoms with E-state index in [1.54, 1.807) is 0 Å². The summed E-state index contributed by atoms with van der Waals surface area (Å²) < 4.78 is 30.3. The Balaban J connectivity index is 3.06. The molecule has 0 spiro atoms. The van der Waals surface area contributed by atoms with Gasteiger partial charge in [0.2, 0.25) is 10.0 Å². The molecule has 0 aliphatic heterocycles. The molecule has 5 nitrogen and oxygen atoms in total. The second kappa shape index (κ2) is 6.05. The number of sulfonamides is 1. The quantitative estimate of drug-likeness (QED) is 0.829. The molecular formula is C11H13ClN2O3S. The molecule has 0 radical (unpaired) electrons. The fourth-order valence-corrected chi connectivity index (χ4v) is 2.84. The molecule has 0 atom stereocenters. The predicted molar refractivity (Wildman–Crippen MR) is 68.0 cm³/mol. The van der Waals surface area contributed by atoms with Crippen LogP contribution in [-0.2, 0) is 10.0 Å². The van der Waals surface area contributed by atoms with Gasteiger partial charge in [-0.3, -0.25) is 0 Å². The molecule has 18 heavy (non-hydrogen) atoms. The van der Waals surface area contributed by atoms with Crippen molar-refractivity contribution in [2.45, 2.75) is 11.3 Å². The number of benzene rings is 1. The molecular weight excluding hydrogens is 276 g/mol.